The van der Waals surface area contributed by atoms with Crippen LogP contribution in [0.4, 0.5) is 5.69 Å². The molecule has 0 aliphatic carbocycles. The number of nitrogens with zero attached hydrogens (tertiary/aromatic N) is 3. The second-order valence-corrected chi connectivity index (χ2v) is 7.43. The van der Waals surface area contributed by atoms with Crippen LogP contribution < -0.4 is 0 Å². The molecule has 1 aromatic heterocycles. The van der Waals surface area contributed by atoms with E-state index >= 15 is 0 Å². The number of ether oxygens (including phenoxy) is 2. The molecule has 0 saturated heterocycles. The molecule has 0 N–H and O–H groups in total. The summed E-state index contributed by atoms with van der Waals surface area (Å²) in [5, 5.41) is 19.4. The van der Waals surface area contributed by atoms with Crippen molar-refractivity contribution in [2.75, 3.05) is 7.11 Å². The number of hydrogen-bond acceptors (Lipinski definition) is 10. The number of carbonyl (C=O) groups is 2. The molecule has 1 aliphatic heterocycles. The van der Waals surface area contributed by atoms with Crippen molar-refractivity contribution in [1.29, 1.82) is 0 Å². The second-order valence-electron chi connectivity index (χ2n) is 7.43. The molecule has 2 aromatic carbocycles. The Morgan fingerprint density at radius 1 is 1.15 bits per heavy atom. The van der Waals surface area contributed by atoms with E-state index in [1.54, 1.807) is 18.2 Å². The van der Waals surface area contributed by atoms with Crippen LogP contribution in [-0.2, 0) is 23.9 Å². The van der Waals surface area contributed by atoms with Crippen LogP contribution in [0.2, 0.25) is 0 Å². The van der Waals surface area contributed by atoms with Crippen LogP contribution in [-0.4, -0.2) is 40.4 Å². The average Bonchev–Trinajstić information content (AvgIpc) is 3.51. The molecule has 34 heavy (non-hydrogen) atoms. The summed E-state index contributed by atoms with van der Waals surface area (Å²) < 4.78 is 15.8. The molecular weight excluding hydrogens is 446 g/mol. The van der Waals surface area contributed by atoms with E-state index in [0.717, 1.165) is 14.0 Å². The standard InChI is InChI=1S/C23H19N3O8/c1-14(27)32-21(17-12-20(33-24-17)15-8-4-3-5-9-15)23(22(28)31-2)13-18(25-34-23)16-10-6-7-11-19(16)26(29)30/h3-12,21H,13H2,1-2H3. The number of hydrogen-bond donors (Lipinski definition) is 0. The molecule has 0 saturated carbocycles. The van der Waals surface area contributed by atoms with Gasteiger partial charge >= 0.3 is 11.9 Å². The van der Waals surface area contributed by atoms with E-state index in [-0.39, 0.29) is 29.1 Å². The Morgan fingerprint density at radius 2 is 1.85 bits per heavy atom. The van der Waals surface area contributed by atoms with Gasteiger partial charge in [0.15, 0.2) is 5.76 Å². The molecule has 2 unspecified atom stereocenters. The largest absolute Gasteiger partial charge is 0.466 e. The number of aromatic nitrogens is 1. The van der Waals surface area contributed by atoms with Crippen molar-refractivity contribution in [1.82, 2.24) is 5.16 Å². The first-order valence-corrected chi connectivity index (χ1v) is 10.1. The highest BCUT2D eigenvalue weighted by Crippen LogP contribution is 2.43. The first-order chi connectivity index (χ1) is 16.4. The molecule has 174 valence electrons. The summed E-state index contributed by atoms with van der Waals surface area (Å²) in [5.41, 5.74) is -1.14. The molecule has 11 nitrogen and oxygen atoms in total. The third-order valence-electron chi connectivity index (χ3n) is 5.25. The van der Waals surface area contributed by atoms with E-state index in [2.05, 4.69) is 10.3 Å². The van der Waals surface area contributed by atoms with Gasteiger partial charge in [0.05, 0.1) is 29.7 Å². The first kappa shape index (κ1) is 22.6. The Kier molecular flexibility index (Phi) is 6.09. The minimum absolute atomic E-state index is 0.0819. The minimum Gasteiger partial charge on any atom is -0.466 e. The van der Waals surface area contributed by atoms with Crippen LogP contribution in [0.1, 0.15) is 30.7 Å². The maximum absolute atomic E-state index is 13.0. The minimum atomic E-state index is -1.98. The predicted octanol–water partition coefficient (Wildman–Crippen LogP) is 3.59. The Hall–Kier alpha value is -4.54. The van der Waals surface area contributed by atoms with Gasteiger partial charge in [0.1, 0.15) is 5.69 Å². The van der Waals surface area contributed by atoms with Gasteiger partial charge in [-0.25, -0.2) is 4.79 Å². The van der Waals surface area contributed by atoms with Crippen molar-refractivity contribution in [3.63, 3.8) is 0 Å². The number of nitro groups is 1. The number of oxime groups is 1. The van der Waals surface area contributed by atoms with Gasteiger partial charge in [-0.3, -0.25) is 14.9 Å². The molecule has 1 aliphatic rings. The number of rotatable bonds is 7. The van der Waals surface area contributed by atoms with Crippen LogP contribution in [0.3, 0.4) is 0 Å². The van der Waals surface area contributed by atoms with Gasteiger partial charge in [0, 0.05) is 24.6 Å². The van der Waals surface area contributed by atoms with Crippen molar-refractivity contribution >= 4 is 23.3 Å². The van der Waals surface area contributed by atoms with Gasteiger partial charge in [-0.05, 0) is 6.07 Å². The lowest BCUT2D eigenvalue weighted by Crippen LogP contribution is -2.47. The van der Waals surface area contributed by atoms with Gasteiger partial charge in [-0.2, -0.15) is 0 Å². The second kappa shape index (κ2) is 9.14. The monoisotopic (exact) mass is 465 g/mol. The lowest BCUT2D eigenvalue weighted by atomic mass is 9.86. The Morgan fingerprint density at radius 3 is 2.53 bits per heavy atom. The van der Waals surface area contributed by atoms with Crippen LogP contribution in [0.15, 0.2) is 70.3 Å². The van der Waals surface area contributed by atoms with Crippen LogP contribution in [0.5, 0.6) is 0 Å². The van der Waals surface area contributed by atoms with Gasteiger partial charge in [0.2, 0.25) is 6.10 Å². The molecule has 0 fully saturated rings. The molecule has 0 amide bonds. The van der Waals surface area contributed by atoms with Gasteiger partial charge in [0.25, 0.3) is 11.3 Å². The fourth-order valence-corrected chi connectivity index (χ4v) is 3.71. The average molecular weight is 465 g/mol. The number of nitro benzene ring substituents is 1. The normalized spacial score (nSPS) is 17.9. The maximum atomic E-state index is 13.0. The highest BCUT2D eigenvalue weighted by Gasteiger charge is 2.58. The van der Waals surface area contributed by atoms with E-state index in [1.807, 2.05) is 18.2 Å². The summed E-state index contributed by atoms with van der Waals surface area (Å²) in [4.78, 5) is 41.5. The topological polar surface area (TPSA) is 143 Å². The lowest BCUT2D eigenvalue weighted by Gasteiger charge is -2.30. The van der Waals surface area contributed by atoms with Gasteiger partial charge in [-0.15, -0.1) is 0 Å². The smallest absolute Gasteiger partial charge is 0.357 e. The van der Waals surface area contributed by atoms with Gasteiger partial charge in [-0.1, -0.05) is 52.8 Å². The molecule has 0 spiro atoms. The zero-order chi connectivity index (χ0) is 24.3. The molecule has 0 radical (unpaired) electrons. The fourth-order valence-electron chi connectivity index (χ4n) is 3.71. The third kappa shape index (κ3) is 4.10. The molecule has 4 rings (SSSR count). The molecular formula is C23H19N3O8. The third-order valence-corrected chi connectivity index (χ3v) is 5.25. The summed E-state index contributed by atoms with van der Waals surface area (Å²) in [6, 6.07) is 16.5. The van der Waals surface area contributed by atoms with E-state index in [1.165, 1.54) is 24.3 Å². The molecule has 2 heterocycles. The van der Waals surface area contributed by atoms with E-state index < -0.39 is 28.6 Å². The number of carbonyl (C=O) groups excluding carboxylic acids is 2. The maximum Gasteiger partial charge on any atom is 0.357 e. The van der Waals surface area contributed by atoms with Crippen LogP contribution >= 0.6 is 0 Å². The quantitative estimate of drug-likeness (QED) is 0.290. The summed E-state index contributed by atoms with van der Waals surface area (Å²) in [6.45, 7) is 1.16. The zero-order valence-electron chi connectivity index (χ0n) is 18.2. The highest BCUT2D eigenvalue weighted by molar-refractivity contribution is 6.07. The zero-order valence-corrected chi connectivity index (χ0v) is 18.2. The molecule has 11 heteroatoms. The first-order valence-electron chi connectivity index (χ1n) is 10.1. The summed E-state index contributed by atoms with van der Waals surface area (Å²) >= 11 is 0. The summed E-state index contributed by atoms with van der Waals surface area (Å²) in [7, 11) is 1.14. The number of esters is 2. The van der Waals surface area contributed by atoms with Crippen molar-refractivity contribution in [3.8, 4) is 11.3 Å². The Bertz CT molecular complexity index is 1270. The fraction of sp³-hybridized carbons (Fsp3) is 0.217. The number of benzene rings is 2. The van der Waals surface area contributed by atoms with Crippen LogP contribution in [0.25, 0.3) is 11.3 Å². The van der Waals surface area contributed by atoms with Crippen molar-refractivity contribution < 1.29 is 33.3 Å². The van der Waals surface area contributed by atoms with Gasteiger partial charge < -0.3 is 18.8 Å². The van der Waals surface area contributed by atoms with Crippen molar-refractivity contribution in [2.45, 2.75) is 25.0 Å². The summed E-state index contributed by atoms with van der Waals surface area (Å²) in [6.07, 6.45) is -1.70. The van der Waals surface area contributed by atoms with E-state index in [9.17, 15) is 19.7 Å². The van der Waals surface area contributed by atoms with E-state index in [0.29, 0.717) is 11.3 Å². The number of methoxy groups -OCH3 is 1. The lowest BCUT2D eigenvalue weighted by molar-refractivity contribution is -0.385. The molecule has 3 aromatic rings. The highest BCUT2D eigenvalue weighted by atomic mass is 16.7. The SMILES string of the molecule is COC(=O)C1(C(OC(C)=O)c2cc(-c3ccccc3)on2)CC(c2ccccc2[N+](=O)[O-])=NO1. The molecule has 2 atom stereocenters. The number of para-hydroxylation sites is 1. The van der Waals surface area contributed by atoms with Crippen molar-refractivity contribution in [3.05, 3.63) is 82.0 Å². The Labute approximate surface area is 193 Å². The molecule has 0 bridgehead atoms. The Balaban J connectivity index is 1.76. The predicted molar refractivity (Wildman–Crippen MR) is 117 cm³/mol. The van der Waals surface area contributed by atoms with E-state index in [4.69, 9.17) is 18.8 Å². The van der Waals surface area contributed by atoms with Crippen molar-refractivity contribution in [2.24, 2.45) is 5.16 Å². The van der Waals surface area contributed by atoms with Crippen LogP contribution in [0, 0.1) is 10.1 Å². The summed E-state index contributed by atoms with van der Waals surface area (Å²) in [5.74, 6) is -1.26.